The molecule has 0 unspecified atom stereocenters. The van der Waals surface area contributed by atoms with E-state index in [1.165, 1.54) is 19.1 Å². The van der Waals surface area contributed by atoms with Crippen LogP contribution in [0, 0.1) is 11.2 Å². The summed E-state index contributed by atoms with van der Waals surface area (Å²) in [6.07, 6.45) is 0. The van der Waals surface area contributed by atoms with Gasteiger partial charge >= 0.3 is 11.9 Å². The number of aliphatic hydroxyl groups is 2. The van der Waals surface area contributed by atoms with Crippen LogP contribution in [0.2, 0.25) is 0 Å². The molecule has 0 heterocycles. The number of halogens is 1. The summed E-state index contributed by atoms with van der Waals surface area (Å²) in [6, 6.07) is 10.9. The zero-order valence-corrected chi connectivity index (χ0v) is 20.4. The van der Waals surface area contributed by atoms with Gasteiger partial charge in [0.15, 0.2) is 11.6 Å². The van der Waals surface area contributed by atoms with Gasteiger partial charge in [-0.05, 0) is 49.2 Å². The Morgan fingerprint density at radius 3 is 2.06 bits per heavy atom. The van der Waals surface area contributed by atoms with E-state index in [0.717, 1.165) is 0 Å². The molecule has 36 heavy (non-hydrogen) atoms. The van der Waals surface area contributed by atoms with Crippen molar-refractivity contribution in [2.45, 2.75) is 13.8 Å². The minimum absolute atomic E-state index is 0.0209. The number of carbonyl (C=O) groups is 2. The van der Waals surface area contributed by atoms with E-state index in [1.807, 2.05) is 0 Å². The number of hydrogen-bond acceptors (Lipinski definition) is 8. The summed E-state index contributed by atoms with van der Waals surface area (Å²) in [4.78, 5) is 23.0. The predicted molar refractivity (Wildman–Crippen MR) is 131 cm³/mol. The molecule has 8 nitrogen and oxygen atoms in total. The fourth-order valence-corrected chi connectivity index (χ4v) is 2.82. The van der Waals surface area contributed by atoms with Crippen molar-refractivity contribution < 1.29 is 43.1 Å². The van der Waals surface area contributed by atoms with E-state index in [9.17, 15) is 24.2 Å². The van der Waals surface area contributed by atoms with Gasteiger partial charge in [-0.3, -0.25) is 0 Å². The Balaban J connectivity index is 1.96. The number of hydrogen-bond donors (Lipinski definition) is 2. The molecule has 0 spiro atoms. The normalized spacial score (nSPS) is 11.0. The Labute approximate surface area is 209 Å². The molecular formula is C27H31FO8. The lowest BCUT2D eigenvalue weighted by molar-refractivity contribution is -0.141. The fraction of sp³-hybridized carbons (Fsp3) is 0.333. The van der Waals surface area contributed by atoms with E-state index >= 15 is 0 Å². The maximum absolute atomic E-state index is 14.7. The van der Waals surface area contributed by atoms with Crippen LogP contribution in [-0.4, -0.2) is 61.8 Å². The number of ether oxygens (including phenoxy) is 4. The van der Waals surface area contributed by atoms with Crippen LogP contribution in [0.25, 0.3) is 11.1 Å². The minimum Gasteiger partial charge on any atom is -0.490 e. The summed E-state index contributed by atoms with van der Waals surface area (Å²) < 4.78 is 35.8. The molecule has 2 aromatic carbocycles. The zero-order valence-electron chi connectivity index (χ0n) is 20.4. The molecule has 0 saturated carbocycles. The SMILES string of the molecule is C=C(C)C(=O)OCCOCC(CO)(CO)COc1ccc(-c2ccc(OC(=O)C(=C)C)cc2)cc1F. The van der Waals surface area contributed by atoms with Crippen molar-refractivity contribution in [3.8, 4) is 22.6 Å². The van der Waals surface area contributed by atoms with Gasteiger partial charge in [0, 0.05) is 11.1 Å². The monoisotopic (exact) mass is 502 g/mol. The molecule has 0 bridgehead atoms. The Kier molecular flexibility index (Phi) is 10.8. The maximum atomic E-state index is 14.7. The van der Waals surface area contributed by atoms with Crippen LogP contribution in [0.4, 0.5) is 4.39 Å². The fourth-order valence-electron chi connectivity index (χ4n) is 2.82. The summed E-state index contributed by atoms with van der Waals surface area (Å²) in [5.74, 6) is -1.44. The molecule has 0 radical (unpaired) electrons. The van der Waals surface area contributed by atoms with Gasteiger partial charge < -0.3 is 29.2 Å². The second kappa shape index (κ2) is 13.5. The largest absolute Gasteiger partial charge is 0.490 e. The van der Waals surface area contributed by atoms with Crippen molar-refractivity contribution in [1.82, 2.24) is 0 Å². The quantitative estimate of drug-likeness (QED) is 0.175. The first-order valence-electron chi connectivity index (χ1n) is 11.1. The average Bonchev–Trinajstić information content (AvgIpc) is 2.86. The van der Waals surface area contributed by atoms with Crippen molar-refractivity contribution >= 4 is 11.9 Å². The van der Waals surface area contributed by atoms with E-state index in [0.29, 0.717) is 16.9 Å². The highest BCUT2D eigenvalue weighted by molar-refractivity contribution is 5.88. The highest BCUT2D eigenvalue weighted by atomic mass is 19.1. The van der Waals surface area contributed by atoms with Gasteiger partial charge in [0.05, 0.1) is 31.8 Å². The van der Waals surface area contributed by atoms with Crippen molar-refractivity contribution in [3.63, 3.8) is 0 Å². The summed E-state index contributed by atoms with van der Waals surface area (Å²) in [5, 5.41) is 19.6. The molecule has 0 atom stereocenters. The molecule has 194 valence electrons. The lowest BCUT2D eigenvalue weighted by Crippen LogP contribution is -2.41. The Morgan fingerprint density at radius 2 is 1.50 bits per heavy atom. The number of rotatable bonds is 14. The first-order valence-corrected chi connectivity index (χ1v) is 11.1. The van der Waals surface area contributed by atoms with Crippen LogP contribution in [0.15, 0.2) is 66.8 Å². The Bertz CT molecular complexity index is 1070. The summed E-state index contributed by atoms with van der Waals surface area (Å²) in [7, 11) is 0. The van der Waals surface area contributed by atoms with Gasteiger partial charge in [-0.2, -0.15) is 0 Å². The van der Waals surface area contributed by atoms with Crippen LogP contribution in [0.3, 0.4) is 0 Å². The van der Waals surface area contributed by atoms with Crippen LogP contribution >= 0.6 is 0 Å². The first-order chi connectivity index (χ1) is 17.1. The highest BCUT2D eigenvalue weighted by Gasteiger charge is 2.31. The van der Waals surface area contributed by atoms with Gasteiger partial charge in [-0.15, -0.1) is 0 Å². The highest BCUT2D eigenvalue weighted by Crippen LogP contribution is 2.28. The molecule has 0 aliphatic carbocycles. The molecule has 2 aromatic rings. The second-order valence-corrected chi connectivity index (χ2v) is 8.41. The first kappa shape index (κ1) is 28.7. The predicted octanol–water partition coefficient (Wildman–Crippen LogP) is 3.46. The average molecular weight is 503 g/mol. The maximum Gasteiger partial charge on any atom is 0.338 e. The van der Waals surface area contributed by atoms with Gasteiger partial charge in [0.25, 0.3) is 0 Å². The summed E-state index contributed by atoms with van der Waals surface area (Å²) >= 11 is 0. The van der Waals surface area contributed by atoms with Crippen molar-refractivity contribution in [1.29, 1.82) is 0 Å². The lowest BCUT2D eigenvalue weighted by atomic mass is 9.92. The molecule has 0 aromatic heterocycles. The topological polar surface area (TPSA) is 112 Å². The molecule has 0 amide bonds. The minimum atomic E-state index is -1.19. The van der Waals surface area contributed by atoms with Crippen LogP contribution in [0.1, 0.15) is 13.8 Å². The second-order valence-electron chi connectivity index (χ2n) is 8.41. The molecule has 0 aliphatic rings. The van der Waals surface area contributed by atoms with Gasteiger partial charge in [-0.1, -0.05) is 31.4 Å². The molecule has 2 rings (SSSR count). The van der Waals surface area contributed by atoms with E-state index in [2.05, 4.69) is 13.2 Å². The van der Waals surface area contributed by atoms with Gasteiger partial charge in [0.1, 0.15) is 19.0 Å². The molecule has 2 N–H and O–H groups in total. The lowest BCUT2D eigenvalue weighted by Gasteiger charge is -2.29. The van der Waals surface area contributed by atoms with E-state index in [-0.39, 0.29) is 43.3 Å². The van der Waals surface area contributed by atoms with E-state index in [1.54, 1.807) is 37.3 Å². The third-order valence-corrected chi connectivity index (χ3v) is 5.10. The Morgan fingerprint density at radius 1 is 0.889 bits per heavy atom. The van der Waals surface area contributed by atoms with Gasteiger partial charge in [-0.25, -0.2) is 14.0 Å². The molecule has 0 saturated heterocycles. The number of benzene rings is 2. The molecule has 9 heteroatoms. The van der Waals surface area contributed by atoms with Crippen LogP contribution in [0.5, 0.6) is 11.5 Å². The van der Waals surface area contributed by atoms with Crippen LogP contribution < -0.4 is 9.47 Å². The molecular weight excluding hydrogens is 471 g/mol. The van der Waals surface area contributed by atoms with E-state index in [4.69, 9.17) is 18.9 Å². The number of carbonyl (C=O) groups excluding carboxylic acids is 2. The van der Waals surface area contributed by atoms with Gasteiger partial charge in [0.2, 0.25) is 0 Å². The number of aliphatic hydroxyl groups excluding tert-OH is 2. The summed E-state index contributed by atoms with van der Waals surface area (Å²) in [6.45, 7) is 8.81. The summed E-state index contributed by atoms with van der Waals surface area (Å²) in [5.41, 5.74) is 0.606. The van der Waals surface area contributed by atoms with Crippen LogP contribution in [-0.2, 0) is 19.1 Å². The van der Waals surface area contributed by atoms with E-state index < -0.39 is 36.4 Å². The standard InChI is InChI=1S/C27H31FO8/c1-18(2)25(31)34-12-11-33-16-27(14-29,15-30)17-35-24-10-7-21(13-23(24)28)20-5-8-22(9-6-20)36-26(32)19(3)4/h5-10,13,29-30H,1,3,11-12,14-17H2,2,4H3. The third-order valence-electron chi connectivity index (χ3n) is 5.10. The Hall–Kier alpha value is -3.53. The third kappa shape index (κ3) is 8.30. The van der Waals surface area contributed by atoms with Crippen molar-refractivity contribution in [2.24, 2.45) is 5.41 Å². The van der Waals surface area contributed by atoms with Crippen molar-refractivity contribution in [3.05, 3.63) is 72.6 Å². The number of esters is 2. The smallest absolute Gasteiger partial charge is 0.338 e. The van der Waals surface area contributed by atoms with Crippen molar-refractivity contribution in [2.75, 3.05) is 39.6 Å². The zero-order chi connectivity index (χ0) is 26.7. The molecule has 0 aliphatic heterocycles. The molecule has 0 fully saturated rings.